The standard InChI is InChI=1S/C17H12F4N6O2/c1-27-12(8-13(25-27)17(19,20)21)15(28)23-11(5-6-22)16-24-14(26-29-16)9-3-2-4-10(18)7-9/h2-4,7-8,11H,5H2,1H3,(H,23,28)/t11-/m0/s1. The van der Waals surface area contributed by atoms with Crippen LogP contribution in [0.2, 0.25) is 0 Å². The minimum absolute atomic E-state index is 0.0246. The Morgan fingerprint density at radius 2 is 2.14 bits per heavy atom. The van der Waals surface area contributed by atoms with Crippen molar-refractivity contribution in [1.29, 1.82) is 5.26 Å². The molecule has 1 aromatic carbocycles. The van der Waals surface area contributed by atoms with Crippen molar-refractivity contribution in [2.45, 2.75) is 18.6 Å². The fraction of sp³-hybridized carbons (Fsp3) is 0.235. The van der Waals surface area contributed by atoms with Gasteiger partial charge in [-0.05, 0) is 12.1 Å². The molecule has 3 rings (SSSR count). The smallest absolute Gasteiger partial charge is 0.338 e. The van der Waals surface area contributed by atoms with Gasteiger partial charge in [0.15, 0.2) is 5.69 Å². The maximum absolute atomic E-state index is 13.3. The summed E-state index contributed by atoms with van der Waals surface area (Å²) in [5.41, 5.74) is -1.29. The van der Waals surface area contributed by atoms with Crippen LogP contribution in [-0.4, -0.2) is 25.8 Å². The molecule has 1 N–H and O–H groups in total. The Morgan fingerprint density at radius 3 is 2.76 bits per heavy atom. The van der Waals surface area contributed by atoms with Crippen molar-refractivity contribution in [2.24, 2.45) is 7.05 Å². The lowest BCUT2D eigenvalue weighted by Crippen LogP contribution is -2.30. The maximum atomic E-state index is 13.3. The maximum Gasteiger partial charge on any atom is 0.435 e. The van der Waals surface area contributed by atoms with Crippen LogP contribution in [0, 0.1) is 17.1 Å². The third kappa shape index (κ3) is 4.40. The molecule has 0 saturated carbocycles. The van der Waals surface area contributed by atoms with Crippen LogP contribution in [0.4, 0.5) is 17.6 Å². The molecular weight excluding hydrogens is 396 g/mol. The molecule has 2 aromatic heterocycles. The molecule has 29 heavy (non-hydrogen) atoms. The molecule has 0 aliphatic rings. The summed E-state index contributed by atoms with van der Waals surface area (Å²) < 4.78 is 57.5. The molecule has 3 aromatic rings. The fourth-order valence-corrected chi connectivity index (χ4v) is 2.46. The van der Waals surface area contributed by atoms with Gasteiger partial charge in [0.25, 0.3) is 11.8 Å². The number of benzene rings is 1. The van der Waals surface area contributed by atoms with Crippen LogP contribution in [0.3, 0.4) is 0 Å². The van der Waals surface area contributed by atoms with E-state index in [9.17, 15) is 22.4 Å². The summed E-state index contributed by atoms with van der Waals surface area (Å²) in [6.45, 7) is 0. The Morgan fingerprint density at radius 1 is 1.38 bits per heavy atom. The number of nitriles is 1. The van der Waals surface area contributed by atoms with E-state index in [0.29, 0.717) is 11.6 Å². The number of rotatable bonds is 5. The SMILES string of the molecule is Cn1nc(C(F)(F)F)cc1C(=O)N[C@@H](CC#N)c1nc(-c2cccc(F)c2)no1. The third-order valence-corrected chi connectivity index (χ3v) is 3.83. The number of nitrogens with one attached hydrogen (secondary N) is 1. The Kier molecular flexibility index (Phi) is 5.31. The normalized spacial score (nSPS) is 12.4. The van der Waals surface area contributed by atoms with Crippen molar-refractivity contribution >= 4 is 5.91 Å². The van der Waals surface area contributed by atoms with E-state index in [0.717, 1.165) is 4.68 Å². The molecule has 1 amide bonds. The highest BCUT2D eigenvalue weighted by molar-refractivity contribution is 5.92. The molecule has 1 atom stereocenters. The number of nitrogens with zero attached hydrogens (tertiary/aromatic N) is 5. The third-order valence-electron chi connectivity index (χ3n) is 3.83. The molecule has 150 valence electrons. The van der Waals surface area contributed by atoms with Gasteiger partial charge in [0, 0.05) is 18.7 Å². The van der Waals surface area contributed by atoms with E-state index < -0.39 is 29.6 Å². The number of aromatic nitrogens is 4. The number of amides is 1. The predicted octanol–water partition coefficient (Wildman–Crippen LogP) is 3.01. The summed E-state index contributed by atoms with van der Waals surface area (Å²) in [5, 5.41) is 18.3. The van der Waals surface area contributed by atoms with Gasteiger partial charge < -0.3 is 9.84 Å². The summed E-state index contributed by atoms with van der Waals surface area (Å²) in [5.74, 6) is -1.57. The van der Waals surface area contributed by atoms with E-state index in [1.807, 2.05) is 6.07 Å². The van der Waals surface area contributed by atoms with Crippen LogP contribution in [0.1, 0.15) is 34.5 Å². The predicted molar refractivity (Wildman–Crippen MR) is 88.3 cm³/mol. The van der Waals surface area contributed by atoms with Crippen LogP contribution in [0.25, 0.3) is 11.4 Å². The van der Waals surface area contributed by atoms with Gasteiger partial charge in [-0.15, -0.1) is 0 Å². The summed E-state index contributed by atoms with van der Waals surface area (Å²) in [7, 11) is 1.18. The zero-order valence-corrected chi connectivity index (χ0v) is 14.7. The molecule has 0 spiro atoms. The average Bonchev–Trinajstić information content (AvgIpc) is 3.28. The highest BCUT2D eigenvalue weighted by Gasteiger charge is 2.36. The van der Waals surface area contributed by atoms with Crippen molar-refractivity contribution in [2.75, 3.05) is 0 Å². The van der Waals surface area contributed by atoms with E-state index in [1.54, 1.807) is 0 Å². The van der Waals surface area contributed by atoms with E-state index >= 15 is 0 Å². The quantitative estimate of drug-likeness (QED) is 0.650. The number of aryl methyl sites for hydroxylation is 1. The lowest BCUT2D eigenvalue weighted by molar-refractivity contribution is -0.141. The van der Waals surface area contributed by atoms with Crippen molar-refractivity contribution in [3.05, 3.63) is 53.4 Å². The average molecular weight is 408 g/mol. The lowest BCUT2D eigenvalue weighted by Gasteiger charge is -2.11. The number of hydrogen-bond donors (Lipinski definition) is 1. The molecule has 0 radical (unpaired) electrons. The van der Waals surface area contributed by atoms with Crippen LogP contribution in [-0.2, 0) is 13.2 Å². The van der Waals surface area contributed by atoms with E-state index in [1.165, 1.54) is 31.3 Å². The van der Waals surface area contributed by atoms with Gasteiger partial charge in [0.1, 0.15) is 17.6 Å². The minimum Gasteiger partial charge on any atom is -0.338 e. The molecule has 0 saturated heterocycles. The molecule has 12 heteroatoms. The second-order valence-corrected chi connectivity index (χ2v) is 5.89. The van der Waals surface area contributed by atoms with Crippen molar-refractivity contribution in [1.82, 2.24) is 25.2 Å². The zero-order valence-electron chi connectivity index (χ0n) is 14.7. The second-order valence-electron chi connectivity index (χ2n) is 5.89. The largest absolute Gasteiger partial charge is 0.435 e. The highest BCUT2D eigenvalue weighted by Crippen LogP contribution is 2.28. The molecule has 0 aliphatic heterocycles. The molecule has 8 nitrogen and oxygen atoms in total. The summed E-state index contributed by atoms with van der Waals surface area (Å²) >= 11 is 0. The number of hydrogen-bond acceptors (Lipinski definition) is 6. The molecule has 0 bridgehead atoms. The molecule has 0 fully saturated rings. The van der Waals surface area contributed by atoms with Crippen molar-refractivity contribution in [3.8, 4) is 17.5 Å². The first-order chi connectivity index (χ1) is 13.7. The van der Waals surface area contributed by atoms with Gasteiger partial charge >= 0.3 is 6.18 Å². The first-order valence-corrected chi connectivity index (χ1v) is 8.07. The Hall–Kier alpha value is -3.75. The number of halogens is 4. The van der Waals surface area contributed by atoms with Gasteiger partial charge in [-0.3, -0.25) is 9.48 Å². The van der Waals surface area contributed by atoms with E-state index in [4.69, 9.17) is 9.78 Å². The van der Waals surface area contributed by atoms with Gasteiger partial charge in [0.2, 0.25) is 5.82 Å². The second kappa shape index (κ2) is 7.70. The molecule has 0 aliphatic carbocycles. The Balaban J connectivity index is 1.83. The van der Waals surface area contributed by atoms with Gasteiger partial charge in [0.05, 0.1) is 12.5 Å². The van der Waals surface area contributed by atoms with Crippen molar-refractivity contribution < 1.29 is 26.9 Å². The first-order valence-electron chi connectivity index (χ1n) is 8.07. The van der Waals surface area contributed by atoms with Crippen LogP contribution in [0.5, 0.6) is 0 Å². The fourth-order valence-electron chi connectivity index (χ4n) is 2.46. The van der Waals surface area contributed by atoms with E-state index in [-0.39, 0.29) is 23.8 Å². The molecule has 0 unspecified atom stereocenters. The highest BCUT2D eigenvalue weighted by atomic mass is 19.4. The first kappa shape index (κ1) is 20.0. The number of carbonyl (C=O) groups is 1. The topological polar surface area (TPSA) is 110 Å². The van der Waals surface area contributed by atoms with Gasteiger partial charge in [-0.2, -0.15) is 28.5 Å². The van der Waals surface area contributed by atoms with Gasteiger partial charge in [-0.1, -0.05) is 17.3 Å². The van der Waals surface area contributed by atoms with Crippen molar-refractivity contribution in [3.63, 3.8) is 0 Å². The van der Waals surface area contributed by atoms with Crippen LogP contribution < -0.4 is 5.32 Å². The summed E-state index contributed by atoms with van der Waals surface area (Å²) in [6.07, 6.45) is -5.00. The van der Waals surface area contributed by atoms with E-state index in [2.05, 4.69) is 20.6 Å². The number of alkyl halides is 3. The summed E-state index contributed by atoms with van der Waals surface area (Å²) in [6, 6.07) is 6.69. The summed E-state index contributed by atoms with van der Waals surface area (Å²) in [4.78, 5) is 16.4. The van der Waals surface area contributed by atoms with Crippen LogP contribution in [0.15, 0.2) is 34.9 Å². The van der Waals surface area contributed by atoms with Gasteiger partial charge in [-0.25, -0.2) is 4.39 Å². The van der Waals surface area contributed by atoms with Crippen LogP contribution >= 0.6 is 0 Å². The molecular formula is C17H12F4N6O2. The lowest BCUT2D eigenvalue weighted by atomic mass is 10.2. The minimum atomic E-state index is -4.71. The molecule has 2 heterocycles. The monoisotopic (exact) mass is 408 g/mol. The Bertz CT molecular complexity index is 1080. The Labute approximate surface area is 160 Å². The zero-order chi connectivity index (χ0) is 21.2. The number of carbonyl (C=O) groups excluding carboxylic acids is 1.